The molecule has 0 atom stereocenters. The van der Waals surface area contributed by atoms with E-state index >= 15 is 0 Å². The van der Waals surface area contributed by atoms with Crippen LogP contribution in [-0.2, 0) is 19.2 Å². The van der Waals surface area contributed by atoms with E-state index in [1.807, 2.05) is 35.9 Å². The van der Waals surface area contributed by atoms with Crippen molar-refractivity contribution in [2.75, 3.05) is 20.8 Å². The third-order valence-electron chi connectivity index (χ3n) is 4.46. The van der Waals surface area contributed by atoms with Crippen LogP contribution in [0, 0.1) is 0 Å². The van der Waals surface area contributed by atoms with Crippen molar-refractivity contribution < 1.29 is 14.3 Å². The minimum Gasteiger partial charge on any atom is -0.493 e. The quantitative estimate of drug-likeness (QED) is 0.504. The Morgan fingerprint density at radius 2 is 1.97 bits per heavy atom. The summed E-state index contributed by atoms with van der Waals surface area (Å²) >= 11 is 7.62. The molecule has 2 aromatic carbocycles. The lowest BCUT2D eigenvalue weighted by Gasteiger charge is -2.12. The fourth-order valence-corrected chi connectivity index (χ4v) is 4.00. The molecule has 0 aliphatic carbocycles. The van der Waals surface area contributed by atoms with Gasteiger partial charge in [0.25, 0.3) is 5.91 Å². The zero-order chi connectivity index (χ0) is 21.5. The largest absolute Gasteiger partial charge is 0.493 e. The number of ether oxygens (including phenoxy) is 2. The smallest absolute Gasteiger partial charge is 0.255 e. The van der Waals surface area contributed by atoms with Gasteiger partial charge in [0, 0.05) is 30.8 Å². The molecule has 1 heterocycles. The lowest BCUT2D eigenvalue weighted by atomic mass is 10.1. The highest BCUT2D eigenvalue weighted by atomic mass is 35.5. The average molecular weight is 447 g/mol. The van der Waals surface area contributed by atoms with E-state index in [0.29, 0.717) is 30.0 Å². The number of para-hydroxylation sites is 1. The van der Waals surface area contributed by atoms with E-state index in [1.54, 1.807) is 30.0 Å². The van der Waals surface area contributed by atoms with Crippen LogP contribution in [0.3, 0.4) is 0 Å². The van der Waals surface area contributed by atoms with Crippen molar-refractivity contribution in [3.8, 4) is 11.5 Å². The Morgan fingerprint density at radius 1 is 1.17 bits per heavy atom. The molecule has 0 spiro atoms. The zero-order valence-electron chi connectivity index (χ0n) is 17.0. The zero-order valence-corrected chi connectivity index (χ0v) is 18.6. The molecule has 1 amide bonds. The third kappa shape index (κ3) is 5.25. The molecule has 3 rings (SSSR count). The molecule has 1 N–H and O–H groups in total. The van der Waals surface area contributed by atoms with Crippen LogP contribution in [-0.4, -0.2) is 41.4 Å². The Balaban J connectivity index is 1.56. The normalized spacial score (nSPS) is 10.7. The maximum atomic E-state index is 12.6. The molecule has 9 heteroatoms. The van der Waals surface area contributed by atoms with Gasteiger partial charge in [-0.25, -0.2) is 0 Å². The number of hydrogen-bond acceptors (Lipinski definition) is 6. The summed E-state index contributed by atoms with van der Waals surface area (Å²) in [6, 6.07) is 12.9. The van der Waals surface area contributed by atoms with Crippen LogP contribution in [0.15, 0.2) is 47.6 Å². The average Bonchev–Trinajstić information content (AvgIpc) is 3.11. The van der Waals surface area contributed by atoms with Crippen molar-refractivity contribution in [1.29, 1.82) is 0 Å². The van der Waals surface area contributed by atoms with Crippen LogP contribution >= 0.6 is 23.4 Å². The molecular formula is C21H23ClN4O3S. The number of nitrogens with zero attached hydrogens (tertiary/aromatic N) is 3. The lowest BCUT2D eigenvalue weighted by molar-refractivity contribution is 0.0950. The molecule has 30 heavy (non-hydrogen) atoms. The Bertz CT molecular complexity index is 1030. The second-order valence-corrected chi connectivity index (χ2v) is 7.80. The SMILES string of the molecule is COc1cccc(C(=O)NCCc2nnc(SCc3cccc(Cl)c3)n2C)c1OC. The monoisotopic (exact) mass is 446 g/mol. The number of hydrogen-bond donors (Lipinski definition) is 1. The Morgan fingerprint density at radius 3 is 2.70 bits per heavy atom. The van der Waals surface area contributed by atoms with Crippen LogP contribution in [0.4, 0.5) is 0 Å². The molecule has 0 bridgehead atoms. The van der Waals surface area contributed by atoms with E-state index in [-0.39, 0.29) is 5.91 Å². The molecule has 3 aromatic rings. The molecule has 0 aliphatic rings. The number of aromatic nitrogens is 3. The highest BCUT2D eigenvalue weighted by molar-refractivity contribution is 7.98. The molecule has 0 saturated carbocycles. The first-order valence-electron chi connectivity index (χ1n) is 9.28. The summed E-state index contributed by atoms with van der Waals surface area (Å²) in [7, 11) is 4.97. The van der Waals surface area contributed by atoms with Crippen molar-refractivity contribution in [1.82, 2.24) is 20.1 Å². The molecule has 1 aromatic heterocycles. The van der Waals surface area contributed by atoms with Crippen molar-refractivity contribution in [2.45, 2.75) is 17.3 Å². The number of halogens is 1. The second-order valence-electron chi connectivity index (χ2n) is 6.42. The molecule has 158 valence electrons. The van der Waals surface area contributed by atoms with E-state index in [9.17, 15) is 4.79 Å². The summed E-state index contributed by atoms with van der Waals surface area (Å²) in [5.41, 5.74) is 1.55. The van der Waals surface area contributed by atoms with Gasteiger partial charge in [-0.3, -0.25) is 4.79 Å². The summed E-state index contributed by atoms with van der Waals surface area (Å²) in [6.45, 7) is 0.421. The van der Waals surface area contributed by atoms with Gasteiger partial charge in [-0.15, -0.1) is 10.2 Å². The first-order valence-corrected chi connectivity index (χ1v) is 10.6. The van der Waals surface area contributed by atoms with E-state index in [0.717, 1.165) is 27.3 Å². The Labute approximate surface area is 184 Å². The van der Waals surface area contributed by atoms with Crippen molar-refractivity contribution in [3.05, 3.63) is 64.4 Å². The molecule has 0 aliphatic heterocycles. The fourth-order valence-electron chi connectivity index (χ4n) is 2.91. The van der Waals surface area contributed by atoms with Gasteiger partial charge in [0.15, 0.2) is 16.7 Å². The van der Waals surface area contributed by atoms with Gasteiger partial charge in [0.1, 0.15) is 5.82 Å². The van der Waals surface area contributed by atoms with Crippen LogP contribution < -0.4 is 14.8 Å². The van der Waals surface area contributed by atoms with Gasteiger partial charge in [-0.1, -0.05) is 41.6 Å². The van der Waals surface area contributed by atoms with Gasteiger partial charge in [0.05, 0.1) is 19.8 Å². The van der Waals surface area contributed by atoms with Crippen LogP contribution in [0.25, 0.3) is 0 Å². The Kier molecular flexibility index (Phi) is 7.59. The number of carbonyl (C=O) groups is 1. The number of thioether (sulfide) groups is 1. The first-order chi connectivity index (χ1) is 14.5. The van der Waals surface area contributed by atoms with Crippen molar-refractivity contribution in [2.24, 2.45) is 7.05 Å². The van der Waals surface area contributed by atoms with Crippen LogP contribution in [0.1, 0.15) is 21.7 Å². The molecular weight excluding hydrogens is 424 g/mol. The summed E-state index contributed by atoms with van der Waals surface area (Å²) in [5.74, 6) is 2.24. The van der Waals surface area contributed by atoms with E-state index in [1.165, 1.54) is 14.2 Å². The minimum atomic E-state index is -0.233. The molecule has 0 fully saturated rings. The highest BCUT2D eigenvalue weighted by Crippen LogP contribution is 2.30. The predicted molar refractivity (Wildman–Crippen MR) is 118 cm³/mol. The number of methoxy groups -OCH3 is 2. The minimum absolute atomic E-state index is 0.233. The number of rotatable bonds is 9. The number of nitrogens with one attached hydrogen (secondary N) is 1. The molecule has 0 saturated heterocycles. The van der Waals surface area contributed by atoms with Gasteiger partial charge in [0.2, 0.25) is 0 Å². The fraction of sp³-hybridized carbons (Fsp3) is 0.286. The standard InChI is InChI=1S/C21H23ClN4O3S/c1-26-18(24-25-21(26)30-13-14-6-4-7-15(22)12-14)10-11-23-20(27)16-8-5-9-17(28-2)19(16)29-3/h4-9,12H,10-11,13H2,1-3H3,(H,23,27). The third-order valence-corrected chi connectivity index (χ3v) is 5.79. The molecule has 0 radical (unpaired) electrons. The van der Waals surface area contributed by atoms with E-state index in [4.69, 9.17) is 21.1 Å². The number of amides is 1. The predicted octanol–water partition coefficient (Wildman–Crippen LogP) is 3.75. The van der Waals surface area contributed by atoms with Gasteiger partial charge in [-0.05, 0) is 29.8 Å². The summed E-state index contributed by atoms with van der Waals surface area (Å²) < 4.78 is 12.5. The summed E-state index contributed by atoms with van der Waals surface area (Å²) in [4.78, 5) is 12.6. The lowest BCUT2D eigenvalue weighted by Crippen LogP contribution is -2.27. The number of carbonyl (C=O) groups excluding carboxylic acids is 1. The van der Waals surface area contributed by atoms with E-state index < -0.39 is 0 Å². The van der Waals surface area contributed by atoms with E-state index in [2.05, 4.69) is 15.5 Å². The van der Waals surface area contributed by atoms with Crippen molar-refractivity contribution >= 4 is 29.3 Å². The van der Waals surface area contributed by atoms with Crippen molar-refractivity contribution in [3.63, 3.8) is 0 Å². The topological polar surface area (TPSA) is 78.3 Å². The number of benzene rings is 2. The van der Waals surface area contributed by atoms with Crippen LogP contribution in [0.5, 0.6) is 11.5 Å². The first kappa shape index (κ1) is 22.0. The Hall–Kier alpha value is -2.71. The summed E-state index contributed by atoms with van der Waals surface area (Å²) in [6.07, 6.45) is 0.555. The van der Waals surface area contributed by atoms with Crippen LogP contribution in [0.2, 0.25) is 5.02 Å². The highest BCUT2D eigenvalue weighted by Gasteiger charge is 2.16. The maximum Gasteiger partial charge on any atom is 0.255 e. The van der Waals surface area contributed by atoms with Gasteiger partial charge >= 0.3 is 0 Å². The van der Waals surface area contributed by atoms with Gasteiger partial charge < -0.3 is 19.4 Å². The summed E-state index contributed by atoms with van der Waals surface area (Å²) in [5, 5.41) is 12.9. The maximum absolute atomic E-state index is 12.6. The second kappa shape index (κ2) is 10.4. The van der Waals surface area contributed by atoms with Gasteiger partial charge in [-0.2, -0.15) is 0 Å². The molecule has 7 nitrogen and oxygen atoms in total. The molecule has 0 unspecified atom stereocenters.